The van der Waals surface area contributed by atoms with Gasteiger partial charge in [0, 0.05) is 19.7 Å². The molecule has 0 aliphatic carbocycles. The van der Waals surface area contributed by atoms with E-state index in [1.165, 1.54) is 0 Å². The highest BCUT2D eigenvalue weighted by Crippen LogP contribution is 2.22. The molecule has 1 saturated heterocycles. The fourth-order valence-electron chi connectivity index (χ4n) is 1.75. The minimum absolute atomic E-state index is 0.0628. The van der Waals surface area contributed by atoms with Crippen LogP contribution in [0.15, 0.2) is 0 Å². The van der Waals surface area contributed by atoms with Crippen LogP contribution in [0.3, 0.4) is 0 Å². The first-order valence-corrected chi connectivity index (χ1v) is 6.26. The predicted octanol–water partition coefficient (Wildman–Crippen LogP) is 0.283. The summed E-state index contributed by atoms with van der Waals surface area (Å²) in [4.78, 5) is 11.5. The Hall–Kier alpha value is -0.650. The van der Waals surface area contributed by atoms with E-state index in [0.29, 0.717) is 25.6 Å². The van der Waals surface area contributed by atoms with Crippen LogP contribution in [-0.2, 0) is 14.3 Å². The highest BCUT2D eigenvalue weighted by Gasteiger charge is 2.33. The van der Waals surface area contributed by atoms with E-state index in [9.17, 15) is 4.79 Å². The highest BCUT2D eigenvalue weighted by molar-refractivity contribution is 5.77. The Labute approximate surface area is 103 Å². The summed E-state index contributed by atoms with van der Waals surface area (Å²) < 4.78 is 11.0. The van der Waals surface area contributed by atoms with Gasteiger partial charge in [0.1, 0.15) is 12.2 Å². The lowest BCUT2D eigenvalue weighted by Crippen LogP contribution is -2.49. The maximum atomic E-state index is 11.5. The Balaban J connectivity index is 2.29. The van der Waals surface area contributed by atoms with Gasteiger partial charge in [0.25, 0.3) is 0 Å². The van der Waals surface area contributed by atoms with Gasteiger partial charge in [0.2, 0.25) is 5.91 Å². The molecular formula is C12H24N2O3. The molecule has 0 radical (unpaired) electrons. The number of carbonyl (C=O) groups excluding carboxylic acids is 1. The first-order chi connectivity index (χ1) is 8.08. The van der Waals surface area contributed by atoms with E-state index < -0.39 is 5.60 Å². The van der Waals surface area contributed by atoms with Crippen molar-refractivity contribution in [1.82, 2.24) is 5.32 Å². The molecule has 1 rings (SSSR count). The summed E-state index contributed by atoms with van der Waals surface area (Å²) in [6.45, 7) is 6.48. The zero-order chi connectivity index (χ0) is 12.7. The van der Waals surface area contributed by atoms with Gasteiger partial charge in [-0.15, -0.1) is 0 Å². The Kier molecular flexibility index (Phi) is 5.88. The van der Waals surface area contributed by atoms with Crippen LogP contribution in [0, 0.1) is 5.92 Å². The van der Waals surface area contributed by atoms with E-state index in [-0.39, 0.29) is 12.5 Å². The SMILES string of the molecule is CC(C)CNC(=O)COC1(CN)CCCOC1. The summed E-state index contributed by atoms with van der Waals surface area (Å²) in [5.41, 5.74) is 5.25. The zero-order valence-electron chi connectivity index (χ0n) is 10.8. The van der Waals surface area contributed by atoms with Crippen LogP contribution >= 0.6 is 0 Å². The molecule has 0 bridgehead atoms. The summed E-state index contributed by atoms with van der Waals surface area (Å²) >= 11 is 0. The Morgan fingerprint density at radius 1 is 1.59 bits per heavy atom. The second-order valence-electron chi connectivity index (χ2n) is 5.03. The molecule has 1 amide bonds. The molecule has 5 heteroatoms. The second-order valence-corrected chi connectivity index (χ2v) is 5.03. The summed E-state index contributed by atoms with van der Waals surface area (Å²) in [6, 6.07) is 0. The molecule has 1 unspecified atom stereocenters. The van der Waals surface area contributed by atoms with Crippen LogP contribution in [0.5, 0.6) is 0 Å². The third-order valence-electron chi connectivity index (χ3n) is 2.88. The number of hydrogen-bond donors (Lipinski definition) is 2. The first-order valence-electron chi connectivity index (χ1n) is 6.26. The average molecular weight is 244 g/mol. The number of carbonyl (C=O) groups is 1. The molecule has 1 fully saturated rings. The third-order valence-corrected chi connectivity index (χ3v) is 2.88. The topological polar surface area (TPSA) is 73.6 Å². The zero-order valence-corrected chi connectivity index (χ0v) is 10.8. The van der Waals surface area contributed by atoms with Gasteiger partial charge in [-0.05, 0) is 18.8 Å². The number of amides is 1. The summed E-state index contributed by atoms with van der Waals surface area (Å²) in [7, 11) is 0. The van der Waals surface area contributed by atoms with Crippen molar-refractivity contribution in [2.75, 3.05) is 32.9 Å². The van der Waals surface area contributed by atoms with Crippen LogP contribution < -0.4 is 11.1 Å². The first kappa shape index (κ1) is 14.4. The molecule has 0 spiro atoms. The van der Waals surface area contributed by atoms with Crippen LogP contribution in [0.1, 0.15) is 26.7 Å². The van der Waals surface area contributed by atoms with E-state index in [1.54, 1.807) is 0 Å². The van der Waals surface area contributed by atoms with E-state index in [1.807, 2.05) is 0 Å². The molecular weight excluding hydrogens is 220 g/mol. The van der Waals surface area contributed by atoms with Crippen molar-refractivity contribution in [3.8, 4) is 0 Å². The van der Waals surface area contributed by atoms with Crippen LogP contribution in [0.25, 0.3) is 0 Å². The van der Waals surface area contributed by atoms with Crippen molar-refractivity contribution >= 4 is 5.91 Å². The van der Waals surface area contributed by atoms with E-state index in [4.69, 9.17) is 15.2 Å². The molecule has 0 saturated carbocycles. The minimum Gasteiger partial charge on any atom is -0.378 e. The van der Waals surface area contributed by atoms with Crippen molar-refractivity contribution in [2.45, 2.75) is 32.3 Å². The lowest BCUT2D eigenvalue weighted by molar-refractivity contribution is -0.147. The molecule has 100 valence electrons. The van der Waals surface area contributed by atoms with Crippen molar-refractivity contribution in [1.29, 1.82) is 0 Å². The largest absolute Gasteiger partial charge is 0.378 e. The monoisotopic (exact) mass is 244 g/mol. The molecule has 17 heavy (non-hydrogen) atoms. The Morgan fingerprint density at radius 3 is 2.88 bits per heavy atom. The highest BCUT2D eigenvalue weighted by atomic mass is 16.5. The van der Waals surface area contributed by atoms with Gasteiger partial charge in [-0.3, -0.25) is 4.79 Å². The van der Waals surface area contributed by atoms with Gasteiger partial charge >= 0.3 is 0 Å². The van der Waals surface area contributed by atoms with Gasteiger partial charge in [-0.1, -0.05) is 13.8 Å². The van der Waals surface area contributed by atoms with Crippen LogP contribution in [-0.4, -0.2) is 44.4 Å². The minimum atomic E-state index is -0.465. The molecule has 0 aromatic rings. The van der Waals surface area contributed by atoms with Gasteiger partial charge in [-0.25, -0.2) is 0 Å². The maximum Gasteiger partial charge on any atom is 0.246 e. The summed E-state index contributed by atoms with van der Waals surface area (Å²) in [5, 5.41) is 2.82. The quantitative estimate of drug-likeness (QED) is 0.704. The number of hydrogen-bond acceptors (Lipinski definition) is 4. The molecule has 1 heterocycles. The van der Waals surface area contributed by atoms with Gasteiger partial charge in [-0.2, -0.15) is 0 Å². The Morgan fingerprint density at radius 2 is 2.35 bits per heavy atom. The summed E-state index contributed by atoms with van der Waals surface area (Å²) in [5.74, 6) is 0.359. The fraction of sp³-hybridized carbons (Fsp3) is 0.917. The third kappa shape index (κ3) is 5.02. The van der Waals surface area contributed by atoms with Crippen molar-refractivity contribution in [2.24, 2.45) is 11.7 Å². The standard InChI is InChI=1S/C12H24N2O3/c1-10(2)6-14-11(15)7-17-12(8-13)4-3-5-16-9-12/h10H,3-9,13H2,1-2H3,(H,14,15). The number of nitrogens with one attached hydrogen (secondary N) is 1. The van der Waals surface area contributed by atoms with Gasteiger partial charge in [0.05, 0.1) is 6.61 Å². The molecule has 1 aliphatic heterocycles. The molecule has 1 aliphatic rings. The van der Waals surface area contributed by atoms with E-state index >= 15 is 0 Å². The predicted molar refractivity (Wildman–Crippen MR) is 65.6 cm³/mol. The normalized spacial score (nSPS) is 24.9. The van der Waals surface area contributed by atoms with Gasteiger partial charge < -0.3 is 20.5 Å². The lowest BCUT2D eigenvalue weighted by Gasteiger charge is -2.35. The number of rotatable bonds is 6. The number of ether oxygens (including phenoxy) is 2. The molecule has 3 N–H and O–H groups in total. The van der Waals surface area contributed by atoms with Gasteiger partial charge in [0.15, 0.2) is 0 Å². The number of nitrogens with two attached hydrogens (primary N) is 1. The maximum absolute atomic E-state index is 11.5. The van der Waals surface area contributed by atoms with E-state index in [0.717, 1.165) is 19.4 Å². The fourth-order valence-corrected chi connectivity index (χ4v) is 1.75. The van der Waals surface area contributed by atoms with Crippen molar-refractivity contribution in [3.63, 3.8) is 0 Å². The van der Waals surface area contributed by atoms with E-state index in [2.05, 4.69) is 19.2 Å². The smallest absolute Gasteiger partial charge is 0.246 e. The molecule has 5 nitrogen and oxygen atoms in total. The molecule has 0 aromatic heterocycles. The molecule has 0 aromatic carbocycles. The van der Waals surface area contributed by atoms with Crippen LogP contribution in [0.2, 0.25) is 0 Å². The molecule has 1 atom stereocenters. The van der Waals surface area contributed by atoms with Crippen molar-refractivity contribution in [3.05, 3.63) is 0 Å². The second kappa shape index (κ2) is 6.93. The average Bonchev–Trinajstić information content (AvgIpc) is 2.35. The Bertz CT molecular complexity index is 238. The van der Waals surface area contributed by atoms with Crippen molar-refractivity contribution < 1.29 is 14.3 Å². The van der Waals surface area contributed by atoms with Crippen LogP contribution in [0.4, 0.5) is 0 Å². The summed E-state index contributed by atoms with van der Waals surface area (Å²) in [6.07, 6.45) is 1.80. The lowest BCUT2D eigenvalue weighted by atomic mass is 9.96.